The van der Waals surface area contributed by atoms with E-state index >= 15 is 0 Å². The maximum atomic E-state index is 14.8. The molecule has 0 unspecified atom stereocenters. The van der Waals surface area contributed by atoms with E-state index in [0.717, 1.165) is 0 Å². The van der Waals surface area contributed by atoms with Gasteiger partial charge in [-0.3, -0.25) is 67.3 Å². The van der Waals surface area contributed by atoms with Gasteiger partial charge in [0.05, 0.1) is 6.04 Å². The number of rotatable bonds is 42. The monoisotopic (exact) mass is 1360 g/mol. The number of amides is 13. The van der Waals surface area contributed by atoms with Gasteiger partial charge >= 0.3 is 0 Å². The standard InChI is InChI=1S/C64H100N18O13S/c1-37(2)34-46(58(90)74-42(53(69)85)28-33-96-4)78-54(86)38(3)73-57(89)47(35-39-16-7-5-8-17-39)80-59(91)48(36-40-18-9-6-10-19-40)79-56(88)43(24-26-51(67)83)75-55(87)44(25-27-52(68)84)76-60(92)50-23-15-32-82(50)63(95)45(21-11-12-29-65)77-61(93)49-22-14-31-81(49)62(94)41(66)20-13-30-72-64(70)71/h5-10,16-19,37-38,41-50H,11-15,20-36,65-66H2,1-4H3,(H2,67,83)(H2,68,84)(H2,69,85)(H,73,89)(H,74,90)(H,75,87)(H,76,92)(H,77,93)(H,78,86)(H,79,88)(H,80,91)(H4,70,71,72)/t38-,41-,42-,43-,44-,45-,46-,47-,48-,49-,50-/m0/s1. The third-order valence-electron chi connectivity index (χ3n) is 16.3. The fourth-order valence-corrected chi connectivity index (χ4v) is 11.6. The molecule has 0 saturated carbocycles. The third kappa shape index (κ3) is 27.1. The molecule has 2 aromatic rings. The summed E-state index contributed by atoms with van der Waals surface area (Å²) >= 11 is 1.45. The minimum Gasteiger partial charge on any atom is -0.370 e. The van der Waals surface area contributed by atoms with E-state index in [0.29, 0.717) is 55.4 Å². The van der Waals surface area contributed by atoms with Gasteiger partial charge in [0.1, 0.15) is 60.4 Å². The maximum Gasteiger partial charge on any atom is 0.245 e. The molecule has 2 aliphatic rings. The lowest BCUT2D eigenvalue weighted by Crippen LogP contribution is -2.61. The van der Waals surface area contributed by atoms with E-state index in [1.54, 1.807) is 60.7 Å². The van der Waals surface area contributed by atoms with E-state index < -0.39 is 169 Å². The summed E-state index contributed by atoms with van der Waals surface area (Å²) in [5.41, 5.74) is 40.7. The van der Waals surface area contributed by atoms with Crippen LogP contribution in [0.1, 0.15) is 128 Å². The molecule has 22 N–H and O–H groups in total. The first-order valence-corrected chi connectivity index (χ1v) is 34.0. The van der Waals surface area contributed by atoms with E-state index in [2.05, 4.69) is 47.5 Å². The number of likely N-dealkylation sites (tertiary alicyclic amines) is 2. The Kier molecular flexibility index (Phi) is 34.1. The highest BCUT2D eigenvalue weighted by molar-refractivity contribution is 7.98. The topological polar surface area (TPSA) is 519 Å². The van der Waals surface area contributed by atoms with Gasteiger partial charge in [-0.2, -0.15) is 11.8 Å². The minimum absolute atomic E-state index is 0.0727. The molecule has 0 bridgehead atoms. The second kappa shape index (κ2) is 41.1. The number of nitrogens with one attached hydrogen (secondary N) is 8. The van der Waals surface area contributed by atoms with Crippen LogP contribution in [0, 0.1) is 5.92 Å². The molecule has 4 rings (SSSR count). The van der Waals surface area contributed by atoms with E-state index in [9.17, 15) is 62.3 Å². The molecule has 0 radical (unpaired) electrons. The summed E-state index contributed by atoms with van der Waals surface area (Å²) in [6, 6.07) is 3.18. The lowest BCUT2D eigenvalue weighted by atomic mass is 10.0. The van der Waals surface area contributed by atoms with Gasteiger partial charge in [-0.15, -0.1) is 0 Å². The van der Waals surface area contributed by atoms with Crippen LogP contribution in [0.4, 0.5) is 0 Å². The van der Waals surface area contributed by atoms with Gasteiger partial charge in [0.2, 0.25) is 76.8 Å². The summed E-state index contributed by atoms with van der Waals surface area (Å²) in [5.74, 6) is -9.82. The second-order valence-corrected chi connectivity index (χ2v) is 25.6. The van der Waals surface area contributed by atoms with Crippen LogP contribution in [0.25, 0.3) is 0 Å². The predicted molar refractivity (Wildman–Crippen MR) is 360 cm³/mol. The van der Waals surface area contributed by atoms with Crippen molar-refractivity contribution in [2.24, 2.45) is 51.0 Å². The summed E-state index contributed by atoms with van der Waals surface area (Å²) in [4.78, 5) is 186. The summed E-state index contributed by atoms with van der Waals surface area (Å²) < 4.78 is 0. The zero-order chi connectivity index (χ0) is 71.0. The zero-order valence-electron chi connectivity index (χ0n) is 55.4. The lowest BCUT2D eigenvalue weighted by Gasteiger charge is -2.32. The van der Waals surface area contributed by atoms with E-state index in [-0.39, 0.29) is 83.0 Å². The number of unbranched alkanes of at least 4 members (excludes halogenated alkanes) is 1. The van der Waals surface area contributed by atoms with Crippen molar-refractivity contribution in [2.75, 3.05) is 38.2 Å². The number of thioether (sulfide) groups is 1. The number of nitrogens with two attached hydrogens (primary N) is 7. The molecule has 2 heterocycles. The first-order chi connectivity index (χ1) is 45.6. The van der Waals surface area contributed by atoms with Gasteiger partial charge < -0.3 is 92.5 Å². The molecule has 0 aliphatic carbocycles. The van der Waals surface area contributed by atoms with Crippen LogP contribution in [0.2, 0.25) is 0 Å². The zero-order valence-corrected chi connectivity index (χ0v) is 56.2. The Balaban J connectivity index is 1.58. The number of guanidine groups is 1. The Morgan fingerprint density at radius 2 is 0.958 bits per heavy atom. The van der Waals surface area contributed by atoms with Crippen molar-refractivity contribution in [3.63, 3.8) is 0 Å². The first-order valence-electron chi connectivity index (χ1n) is 32.6. The summed E-state index contributed by atoms with van der Waals surface area (Å²) in [6.07, 6.45) is 3.09. The molecular weight excluding hydrogens is 1260 g/mol. The highest BCUT2D eigenvalue weighted by Gasteiger charge is 2.42. The quantitative estimate of drug-likeness (QED) is 0.0176. The number of hydrogen-bond acceptors (Lipinski definition) is 17. The van der Waals surface area contributed by atoms with Crippen LogP contribution in [-0.4, -0.2) is 197 Å². The molecule has 32 heteroatoms. The SMILES string of the molecule is CSCC[C@H](NC(=O)[C@H](CC(C)C)NC(=O)[C@H](C)NC(=O)[C@H](Cc1ccccc1)NC(=O)[C@H](Cc1ccccc1)NC(=O)[C@H](CCC(N)=O)NC(=O)[C@H](CCC(N)=O)NC(=O)[C@@H]1CCCN1C(=O)[C@H](CCCCN)NC(=O)[C@@H]1CCCN1C(=O)[C@@H](N)CCCN=C(N)N)C(N)=O. The molecule has 96 heavy (non-hydrogen) atoms. The molecule has 13 amide bonds. The molecule has 0 spiro atoms. The molecule has 2 saturated heterocycles. The fraction of sp³-hybridized carbons (Fsp3) is 0.594. The van der Waals surface area contributed by atoms with Crippen LogP contribution in [0.15, 0.2) is 65.7 Å². The number of carbonyl (C=O) groups excluding carboxylic acids is 13. The van der Waals surface area contributed by atoms with Crippen LogP contribution in [0.3, 0.4) is 0 Å². The Hall–Kier alpha value is -8.91. The smallest absolute Gasteiger partial charge is 0.245 e. The largest absolute Gasteiger partial charge is 0.370 e. The summed E-state index contributed by atoms with van der Waals surface area (Å²) in [5, 5.41) is 21.3. The minimum atomic E-state index is -1.65. The Morgan fingerprint density at radius 1 is 0.510 bits per heavy atom. The van der Waals surface area contributed by atoms with E-state index in [1.807, 2.05) is 20.1 Å². The van der Waals surface area contributed by atoms with E-state index in [4.69, 9.17) is 40.1 Å². The number of carbonyl (C=O) groups is 13. The normalized spacial score (nSPS) is 17.1. The van der Waals surface area contributed by atoms with E-state index in [1.165, 1.54) is 28.5 Å². The molecule has 0 aromatic heterocycles. The van der Waals surface area contributed by atoms with Gasteiger partial charge in [-0.1, -0.05) is 74.5 Å². The number of nitrogens with zero attached hydrogens (tertiary/aromatic N) is 3. The average Bonchev–Trinajstić information content (AvgIpc) is 1.63. The van der Waals surface area contributed by atoms with Gasteiger partial charge in [0, 0.05) is 45.3 Å². The Bertz CT molecular complexity index is 3000. The summed E-state index contributed by atoms with van der Waals surface area (Å²) in [6.45, 7) is 5.90. The molecule has 11 atom stereocenters. The molecule has 31 nitrogen and oxygen atoms in total. The molecule has 2 aromatic carbocycles. The number of benzene rings is 2. The molecule has 2 fully saturated rings. The van der Waals surface area contributed by atoms with Crippen LogP contribution in [0.5, 0.6) is 0 Å². The maximum absolute atomic E-state index is 14.8. The van der Waals surface area contributed by atoms with Gasteiger partial charge in [-0.25, -0.2) is 0 Å². The van der Waals surface area contributed by atoms with Gasteiger partial charge in [-0.05, 0) is 126 Å². The van der Waals surface area contributed by atoms with Crippen LogP contribution in [-0.2, 0) is 75.2 Å². The van der Waals surface area contributed by atoms with Crippen LogP contribution < -0.4 is 82.7 Å². The molecular formula is C64H100N18O13S. The third-order valence-corrected chi connectivity index (χ3v) is 17.0. The summed E-state index contributed by atoms with van der Waals surface area (Å²) in [7, 11) is 0. The van der Waals surface area contributed by atoms with Gasteiger partial charge in [0.25, 0.3) is 0 Å². The number of hydrogen-bond donors (Lipinski definition) is 15. The average molecular weight is 1360 g/mol. The van der Waals surface area contributed by atoms with Crippen molar-refractivity contribution in [1.29, 1.82) is 0 Å². The van der Waals surface area contributed by atoms with Crippen molar-refractivity contribution in [1.82, 2.24) is 52.3 Å². The lowest BCUT2D eigenvalue weighted by molar-refractivity contribution is -0.144. The molecule has 530 valence electrons. The van der Waals surface area contributed by atoms with Crippen molar-refractivity contribution < 1.29 is 62.3 Å². The predicted octanol–water partition coefficient (Wildman–Crippen LogP) is -3.32. The second-order valence-electron chi connectivity index (χ2n) is 24.6. The molecule has 2 aliphatic heterocycles. The Morgan fingerprint density at radius 3 is 1.44 bits per heavy atom. The van der Waals surface area contributed by atoms with Crippen LogP contribution >= 0.6 is 11.8 Å². The van der Waals surface area contributed by atoms with Gasteiger partial charge in [0.15, 0.2) is 5.96 Å². The highest BCUT2D eigenvalue weighted by Crippen LogP contribution is 2.24. The Labute approximate surface area is 564 Å². The van der Waals surface area contributed by atoms with Crippen molar-refractivity contribution >= 4 is 94.5 Å². The van der Waals surface area contributed by atoms with Crippen molar-refractivity contribution in [3.05, 3.63) is 71.8 Å². The number of primary amides is 3. The fourth-order valence-electron chi connectivity index (χ4n) is 11.2. The number of aliphatic imine (C=N–C) groups is 1. The van der Waals surface area contributed by atoms with Crippen molar-refractivity contribution in [2.45, 2.75) is 196 Å². The highest BCUT2D eigenvalue weighted by atomic mass is 32.2. The first kappa shape index (κ1) is 79.5. The van der Waals surface area contributed by atoms with Crippen molar-refractivity contribution in [3.8, 4) is 0 Å².